The lowest BCUT2D eigenvalue weighted by Crippen LogP contribution is -2.01. The summed E-state index contributed by atoms with van der Waals surface area (Å²) < 4.78 is 35.8. The molecule has 0 saturated carbocycles. The Bertz CT molecular complexity index is 546. The van der Waals surface area contributed by atoms with Crippen molar-refractivity contribution in [3.8, 4) is 5.75 Å². The number of hydrogen-bond donors (Lipinski definition) is 1. The van der Waals surface area contributed by atoms with Gasteiger partial charge in [-0.25, -0.2) is 8.78 Å². The molecule has 0 atom stereocenters. The van der Waals surface area contributed by atoms with E-state index in [2.05, 4.69) is 10.1 Å². The van der Waals surface area contributed by atoms with Gasteiger partial charge in [-0.2, -0.15) is 4.98 Å². The number of nitrogens with zero attached hydrogens (tertiary/aromatic N) is 2. The Morgan fingerprint density at radius 2 is 2.11 bits per heavy atom. The Hall–Kier alpha value is -2.02. The van der Waals surface area contributed by atoms with Crippen molar-refractivity contribution < 1.29 is 18.0 Å². The van der Waals surface area contributed by atoms with Crippen molar-refractivity contribution in [1.29, 1.82) is 0 Å². The second-order valence-corrected chi connectivity index (χ2v) is 3.86. The van der Waals surface area contributed by atoms with E-state index < -0.39 is 11.6 Å². The molecular weight excluding hydrogens is 256 g/mol. The van der Waals surface area contributed by atoms with Crippen LogP contribution in [0, 0.1) is 11.6 Å². The molecule has 0 fully saturated rings. The number of halogens is 2. The van der Waals surface area contributed by atoms with E-state index in [0.717, 1.165) is 18.6 Å². The molecule has 0 bridgehead atoms. The lowest BCUT2D eigenvalue weighted by atomic mass is 10.3. The van der Waals surface area contributed by atoms with E-state index in [1.807, 2.05) is 0 Å². The molecule has 0 radical (unpaired) electrons. The summed E-state index contributed by atoms with van der Waals surface area (Å²) in [4.78, 5) is 4.08. The van der Waals surface area contributed by atoms with E-state index >= 15 is 0 Å². The second-order valence-electron chi connectivity index (χ2n) is 3.86. The molecule has 2 N–H and O–H groups in total. The average molecular weight is 269 g/mol. The van der Waals surface area contributed by atoms with Crippen LogP contribution < -0.4 is 10.5 Å². The van der Waals surface area contributed by atoms with Crippen LogP contribution in [0.3, 0.4) is 0 Å². The first-order valence-electron chi connectivity index (χ1n) is 5.78. The summed E-state index contributed by atoms with van der Waals surface area (Å²) in [5, 5.41) is 3.70. The van der Waals surface area contributed by atoms with E-state index in [1.165, 1.54) is 6.07 Å². The van der Waals surface area contributed by atoms with Gasteiger partial charge < -0.3 is 15.0 Å². The number of benzene rings is 1. The van der Waals surface area contributed by atoms with Crippen LogP contribution in [0.1, 0.15) is 18.1 Å². The van der Waals surface area contributed by atoms with Crippen LogP contribution >= 0.6 is 0 Å². The van der Waals surface area contributed by atoms with Gasteiger partial charge >= 0.3 is 0 Å². The lowest BCUT2D eigenvalue weighted by molar-refractivity contribution is 0.283. The van der Waals surface area contributed by atoms with E-state index in [1.54, 1.807) is 0 Å². The molecule has 5 nitrogen and oxygen atoms in total. The molecular formula is C12H13F2N3O2. The van der Waals surface area contributed by atoms with E-state index in [4.69, 9.17) is 15.0 Å². The normalized spacial score (nSPS) is 10.7. The summed E-state index contributed by atoms with van der Waals surface area (Å²) in [5.74, 6) is -0.858. The van der Waals surface area contributed by atoms with Crippen LogP contribution in [0.15, 0.2) is 22.7 Å². The molecule has 0 aliphatic heterocycles. The molecule has 0 aliphatic rings. The predicted octanol–water partition coefficient (Wildman–Crippen LogP) is 1.82. The maximum atomic E-state index is 12.9. The first-order valence-corrected chi connectivity index (χ1v) is 5.78. The minimum Gasteiger partial charge on any atom is -0.485 e. The fourth-order valence-corrected chi connectivity index (χ4v) is 1.42. The Kier molecular flexibility index (Phi) is 4.40. The molecule has 2 rings (SSSR count). The van der Waals surface area contributed by atoms with Gasteiger partial charge in [0.05, 0.1) is 0 Å². The van der Waals surface area contributed by atoms with Gasteiger partial charge in [0, 0.05) is 12.5 Å². The SMILES string of the molecule is NCCCc1nc(COc2ccc(F)c(F)c2)no1. The predicted molar refractivity (Wildman–Crippen MR) is 62.4 cm³/mol. The largest absolute Gasteiger partial charge is 0.485 e. The Morgan fingerprint density at radius 1 is 1.26 bits per heavy atom. The van der Waals surface area contributed by atoms with Crippen LogP contribution in [0.5, 0.6) is 5.75 Å². The summed E-state index contributed by atoms with van der Waals surface area (Å²) in [6, 6.07) is 3.28. The summed E-state index contributed by atoms with van der Waals surface area (Å²) >= 11 is 0. The highest BCUT2D eigenvalue weighted by molar-refractivity contribution is 5.23. The van der Waals surface area contributed by atoms with Gasteiger partial charge in [-0.15, -0.1) is 0 Å². The number of aromatic nitrogens is 2. The van der Waals surface area contributed by atoms with Crippen molar-refractivity contribution in [2.75, 3.05) is 6.54 Å². The maximum Gasteiger partial charge on any atom is 0.226 e. The summed E-state index contributed by atoms with van der Waals surface area (Å²) in [5.41, 5.74) is 5.36. The second kappa shape index (κ2) is 6.24. The zero-order valence-corrected chi connectivity index (χ0v) is 10.1. The lowest BCUT2D eigenvalue weighted by Gasteiger charge is -2.03. The number of nitrogens with two attached hydrogens (primary N) is 1. The molecule has 2 aromatic rings. The fourth-order valence-electron chi connectivity index (χ4n) is 1.42. The van der Waals surface area contributed by atoms with Crippen LogP contribution in [0.2, 0.25) is 0 Å². The molecule has 0 aliphatic carbocycles. The van der Waals surface area contributed by atoms with Gasteiger partial charge in [0.1, 0.15) is 5.75 Å². The Morgan fingerprint density at radius 3 is 2.84 bits per heavy atom. The van der Waals surface area contributed by atoms with E-state index in [0.29, 0.717) is 24.7 Å². The van der Waals surface area contributed by atoms with Crippen LogP contribution in [-0.4, -0.2) is 16.7 Å². The smallest absolute Gasteiger partial charge is 0.226 e. The molecule has 0 saturated heterocycles. The third-order valence-electron chi connectivity index (χ3n) is 2.36. The number of rotatable bonds is 6. The van der Waals surface area contributed by atoms with Crippen LogP contribution in [0.25, 0.3) is 0 Å². The molecule has 1 aromatic carbocycles. The topological polar surface area (TPSA) is 74.2 Å². The van der Waals surface area contributed by atoms with Gasteiger partial charge in [-0.3, -0.25) is 0 Å². The highest BCUT2D eigenvalue weighted by Gasteiger charge is 2.08. The average Bonchev–Trinajstić information content (AvgIpc) is 2.86. The molecule has 0 unspecified atom stereocenters. The highest BCUT2D eigenvalue weighted by Crippen LogP contribution is 2.16. The first kappa shape index (κ1) is 13.4. The Balaban J connectivity index is 1.91. The van der Waals surface area contributed by atoms with Crippen molar-refractivity contribution in [3.63, 3.8) is 0 Å². The first-order chi connectivity index (χ1) is 9.19. The molecule has 1 heterocycles. The highest BCUT2D eigenvalue weighted by atomic mass is 19.2. The quantitative estimate of drug-likeness (QED) is 0.865. The standard InChI is InChI=1S/C12H13F2N3O2/c13-9-4-3-8(6-10(9)14)18-7-11-16-12(19-17-11)2-1-5-15/h3-4,6H,1-2,5,7,15H2. The third kappa shape index (κ3) is 3.72. The number of hydrogen-bond acceptors (Lipinski definition) is 5. The van der Waals surface area contributed by atoms with Gasteiger partial charge in [-0.05, 0) is 25.1 Å². The van der Waals surface area contributed by atoms with Crippen molar-refractivity contribution in [3.05, 3.63) is 41.5 Å². The summed E-state index contributed by atoms with van der Waals surface area (Å²) in [7, 11) is 0. The number of aryl methyl sites for hydroxylation is 1. The molecule has 1 aromatic heterocycles. The third-order valence-corrected chi connectivity index (χ3v) is 2.36. The van der Waals surface area contributed by atoms with Gasteiger partial charge in [0.15, 0.2) is 18.2 Å². The molecule has 0 spiro atoms. The van der Waals surface area contributed by atoms with Crippen LogP contribution in [-0.2, 0) is 13.0 Å². The zero-order valence-electron chi connectivity index (χ0n) is 10.1. The van der Waals surface area contributed by atoms with Gasteiger partial charge in [-0.1, -0.05) is 5.16 Å². The molecule has 102 valence electrons. The van der Waals surface area contributed by atoms with E-state index in [9.17, 15) is 8.78 Å². The molecule has 19 heavy (non-hydrogen) atoms. The van der Waals surface area contributed by atoms with Gasteiger partial charge in [0.25, 0.3) is 0 Å². The fraction of sp³-hybridized carbons (Fsp3) is 0.333. The van der Waals surface area contributed by atoms with Crippen LogP contribution in [0.4, 0.5) is 8.78 Å². The van der Waals surface area contributed by atoms with Crippen molar-refractivity contribution >= 4 is 0 Å². The monoisotopic (exact) mass is 269 g/mol. The van der Waals surface area contributed by atoms with Crippen molar-refractivity contribution in [2.24, 2.45) is 5.73 Å². The van der Waals surface area contributed by atoms with Gasteiger partial charge in [0.2, 0.25) is 11.7 Å². The number of ether oxygens (including phenoxy) is 1. The summed E-state index contributed by atoms with van der Waals surface area (Å²) in [6.07, 6.45) is 1.36. The van der Waals surface area contributed by atoms with Crippen molar-refractivity contribution in [2.45, 2.75) is 19.4 Å². The van der Waals surface area contributed by atoms with E-state index in [-0.39, 0.29) is 12.4 Å². The van der Waals surface area contributed by atoms with Crippen molar-refractivity contribution in [1.82, 2.24) is 10.1 Å². The Labute approximate surface area is 108 Å². The minimum absolute atomic E-state index is 0.0250. The zero-order chi connectivity index (χ0) is 13.7. The summed E-state index contributed by atoms with van der Waals surface area (Å²) in [6.45, 7) is 0.570. The molecule has 0 amide bonds. The minimum atomic E-state index is -0.964. The molecule has 7 heteroatoms. The maximum absolute atomic E-state index is 12.9.